The number of ether oxygens (including phenoxy) is 1. The largest absolute Gasteiger partial charge is 0.467 e. The number of rotatable bonds is 4. The van der Waals surface area contributed by atoms with Gasteiger partial charge in [-0.1, -0.05) is 11.3 Å². The van der Waals surface area contributed by atoms with E-state index in [2.05, 4.69) is 20.4 Å². The van der Waals surface area contributed by atoms with Gasteiger partial charge >= 0.3 is 0 Å². The summed E-state index contributed by atoms with van der Waals surface area (Å²) in [4.78, 5) is 14.8. The maximum atomic E-state index is 12.6. The van der Waals surface area contributed by atoms with E-state index >= 15 is 0 Å². The first-order chi connectivity index (χ1) is 11.7. The Morgan fingerprint density at radius 1 is 1.42 bits per heavy atom. The maximum absolute atomic E-state index is 12.6. The van der Waals surface area contributed by atoms with Crippen LogP contribution in [0, 0.1) is 24.7 Å². The third-order valence-electron chi connectivity index (χ3n) is 4.78. The Labute approximate surface area is 144 Å². The lowest BCUT2D eigenvalue weighted by Gasteiger charge is -2.31. The van der Waals surface area contributed by atoms with Crippen molar-refractivity contribution in [3.8, 4) is 0 Å². The predicted molar refractivity (Wildman–Crippen MR) is 88.7 cm³/mol. The average Bonchev–Trinajstić information content (AvgIpc) is 3.31. The van der Waals surface area contributed by atoms with Crippen LogP contribution in [0.1, 0.15) is 10.8 Å². The molecule has 4 rings (SSSR count). The molecule has 24 heavy (non-hydrogen) atoms. The minimum Gasteiger partial charge on any atom is -0.467 e. The zero-order valence-corrected chi connectivity index (χ0v) is 14.3. The lowest BCUT2D eigenvalue weighted by atomic mass is 9.82. The van der Waals surface area contributed by atoms with Crippen LogP contribution < -0.4 is 10.2 Å². The van der Waals surface area contributed by atoms with Crippen LogP contribution in [0.2, 0.25) is 0 Å². The van der Waals surface area contributed by atoms with E-state index in [0.717, 1.165) is 29.0 Å². The number of aryl methyl sites for hydroxylation is 1. The summed E-state index contributed by atoms with van der Waals surface area (Å²) in [7, 11) is 0. The van der Waals surface area contributed by atoms with E-state index in [0.29, 0.717) is 31.6 Å². The second-order valence-corrected chi connectivity index (χ2v) is 7.53. The molecular weight excluding hydrogens is 328 g/mol. The van der Waals surface area contributed by atoms with Crippen LogP contribution in [0.5, 0.6) is 0 Å². The van der Waals surface area contributed by atoms with E-state index in [4.69, 9.17) is 9.15 Å². The molecule has 0 spiro atoms. The Morgan fingerprint density at radius 3 is 3.08 bits per heavy atom. The fraction of sp³-hybridized carbons (Fsp3) is 0.562. The van der Waals surface area contributed by atoms with Crippen LogP contribution in [-0.4, -0.2) is 42.4 Å². The van der Waals surface area contributed by atoms with Crippen molar-refractivity contribution in [3.05, 3.63) is 29.2 Å². The van der Waals surface area contributed by atoms with Crippen molar-refractivity contribution in [2.24, 2.45) is 17.8 Å². The first kappa shape index (κ1) is 15.6. The van der Waals surface area contributed by atoms with Gasteiger partial charge in [-0.15, -0.1) is 10.2 Å². The zero-order chi connectivity index (χ0) is 16.5. The second kappa shape index (κ2) is 6.52. The van der Waals surface area contributed by atoms with Crippen molar-refractivity contribution < 1.29 is 13.9 Å². The van der Waals surface area contributed by atoms with Gasteiger partial charge in [0.15, 0.2) is 0 Å². The highest BCUT2D eigenvalue weighted by Gasteiger charge is 2.44. The summed E-state index contributed by atoms with van der Waals surface area (Å²) in [5.74, 6) is 1.32. The summed E-state index contributed by atoms with van der Waals surface area (Å²) in [5.41, 5.74) is 0. The van der Waals surface area contributed by atoms with Crippen LogP contribution in [0.25, 0.3) is 0 Å². The molecule has 0 unspecified atom stereocenters. The van der Waals surface area contributed by atoms with Gasteiger partial charge in [0, 0.05) is 19.0 Å². The average molecular weight is 348 g/mol. The van der Waals surface area contributed by atoms with E-state index in [1.807, 2.05) is 19.1 Å². The summed E-state index contributed by atoms with van der Waals surface area (Å²) < 4.78 is 11.0. The predicted octanol–water partition coefficient (Wildman–Crippen LogP) is 1.45. The Kier molecular flexibility index (Phi) is 4.24. The number of hydrogen-bond acceptors (Lipinski definition) is 7. The Morgan fingerprint density at radius 2 is 2.33 bits per heavy atom. The Balaban J connectivity index is 1.41. The smallest absolute Gasteiger partial charge is 0.226 e. The van der Waals surface area contributed by atoms with Gasteiger partial charge in [-0.25, -0.2) is 0 Å². The molecule has 0 aliphatic carbocycles. The highest BCUT2D eigenvalue weighted by atomic mass is 32.1. The van der Waals surface area contributed by atoms with E-state index < -0.39 is 0 Å². The minimum atomic E-state index is -0.127. The van der Waals surface area contributed by atoms with Crippen LogP contribution in [0.4, 0.5) is 5.13 Å². The van der Waals surface area contributed by atoms with Crippen molar-refractivity contribution in [1.29, 1.82) is 0 Å². The number of carbonyl (C=O) groups excluding carboxylic acids is 1. The van der Waals surface area contributed by atoms with Crippen LogP contribution in [0.15, 0.2) is 22.8 Å². The highest BCUT2D eigenvalue weighted by Crippen LogP contribution is 2.37. The van der Waals surface area contributed by atoms with Gasteiger partial charge in [0.2, 0.25) is 11.0 Å². The summed E-state index contributed by atoms with van der Waals surface area (Å²) in [6.45, 7) is 5.27. The number of carbonyl (C=O) groups is 1. The van der Waals surface area contributed by atoms with E-state index in [9.17, 15) is 4.79 Å². The molecule has 4 heterocycles. The van der Waals surface area contributed by atoms with Gasteiger partial charge in [-0.3, -0.25) is 4.79 Å². The number of nitrogens with one attached hydrogen (secondary N) is 1. The van der Waals surface area contributed by atoms with Gasteiger partial charge < -0.3 is 19.4 Å². The quantitative estimate of drug-likeness (QED) is 0.901. The molecular formula is C16H20N4O3S. The van der Waals surface area contributed by atoms with E-state index in [1.54, 1.807) is 17.6 Å². The third-order valence-corrected chi connectivity index (χ3v) is 5.68. The van der Waals surface area contributed by atoms with E-state index in [1.165, 1.54) is 0 Å². The Hall–Kier alpha value is -1.93. The molecule has 2 saturated heterocycles. The maximum Gasteiger partial charge on any atom is 0.226 e. The number of fused-ring (bicyclic) bond motifs is 1. The Bertz CT molecular complexity index is 702. The summed E-state index contributed by atoms with van der Waals surface area (Å²) in [5, 5.41) is 13.2. The van der Waals surface area contributed by atoms with Gasteiger partial charge in [-0.05, 0) is 25.0 Å². The van der Waals surface area contributed by atoms with Crippen molar-refractivity contribution in [2.45, 2.75) is 13.5 Å². The molecule has 2 fully saturated rings. The molecule has 2 aromatic heterocycles. The molecule has 1 N–H and O–H groups in total. The molecule has 0 bridgehead atoms. The number of anilines is 1. The monoisotopic (exact) mass is 348 g/mol. The lowest BCUT2D eigenvalue weighted by Crippen LogP contribution is -2.44. The van der Waals surface area contributed by atoms with E-state index in [-0.39, 0.29) is 11.8 Å². The fourth-order valence-corrected chi connectivity index (χ4v) is 4.26. The second-order valence-electron chi connectivity index (χ2n) is 6.37. The van der Waals surface area contributed by atoms with Crippen molar-refractivity contribution in [1.82, 2.24) is 15.5 Å². The van der Waals surface area contributed by atoms with Gasteiger partial charge in [0.05, 0.1) is 31.9 Å². The normalized spacial score (nSPS) is 26.4. The third kappa shape index (κ3) is 3.03. The molecule has 128 valence electrons. The van der Waals surface area contributed by atoms with Crippen LogP contribution >= 0.6 is 11.3 Å². The summed E-state index contributed by atoms with van der Waals surface area (Å²) in [6, 6.07) is 3.68. The molecule has 2 aliphatic heterocycles. The molecule has 0 saturated carbocycles. The molecule has 8 heteroatoms. The summed E-state index contributed by atoms with van der Waals surface area (Å²) in [6.07, 6.45) is 1.61. The summed E-state index contributed by atoms with van der Waals surface area (Å²) >= 11 is 1.60. The molecule has 1 amide bonds. The van der Waals surface area contributed by atoms with Crippen molar-refractivity contribution in [3.63, 3.8) is 0 Å². The zero-order valence-electron chi connectivity index (χ0n) is 13.5. The van der Waals surface area contributed by atoms with Crippen molar-refractivity contribution in [2.75, 3.05) is 31.2 Å². The molecule has 3 atom stereocenters. The first-order valence-electron chi connectivity index (χ1n) is 8.13. The molecule has 0 aromatic carbocycles. The number of aromatic nitrogens is 2. The molecule has 2 aromatic rings. The SMILES string of the molecule is Cc1nnc(N2C[C@@H]3COC[C@H](C(=O)NCc4ccco4)[C@@H]3C2)s1. The molecule has 7 nitrogen and oxygen atoms in total. The number of nitrogens with zero attached hydrogens (tertiary/aromatic N) is 3. The van der Waals surface area contributed by atoms with Crippen LogP contribution in [-0.2, 0) is 16.1 Å². The lowest BCUT2D eigenvalue weighted by molar-refractivity contribution is -0.133. The fourth-order valence-electron chi connectivity index (χ4n) is 3.56. The highest BCUT2D eigenvalue weighted by molar-refractivity contribution is 7.15. The minimum absolute atomic E-state index is 0.0383. The van der Waals surface area contributed by atoms with Gasteiger partial charge in [0.1, 0.15) is 10.8 Å². The van der Waals surface area contributed by atoms with Gasteiger partial charge in [-0.2, -0.15) is 0 Å². The number of hydrogen-bond donors (Lipinski definition) is 1. The molecule has 2 aliphatic rings. The topological polar surface area (TPSA) is 80.5 Å². The van der Waals surface area contributed by atoms with Gasteiger partial charge in [0.25, 0.3) is 0 Å². The number of amides is 1. The molecule has 0 radical (unpaired) electrons. The van der Waals surface area contributed by atoms with Crippen LogP contribution in [0.3, 0.4) is 0 Å². The first-order valence-corrected chi connectivity index (χ1v) is 8.95. The van der Waals surface area contributed by atoms with Crippen molar-refractivity contribution >= 4 is 22.4 Å². The standard InChI is InChI=1S/C16H20N4O3S/c1-10-18-19-16(24-10)20-6-11-8-22-9-14(13(11)7-20)15(21)17-5-12-3-2-4-23-12/h2-4,11,13-14H,5-9H2,1H3,(H,17,21)/t11-,13-,14+/m1/s1. The number of furan rings is 1.